The van der Waals surface area contributed by atoms with E-state index in [0.29, 0.717) is 25.3 Å². The van der Waals surface area contributed by atoms with Crippen molar-refractivity contribution in [2.75, 3.05) is 13.1 Å². The van der Waals surface area contributed by atoms with Crippen LogP contribution in [-0.2, 0) is 14.4 Å². The van der Waals surface area contributed by atoms with Crippen molar-refractivity contribution >= 4 is 17.8 Å². The van der Waals surface area contributed by atoms with Crippen LogP contribution in [0, 0.1) is 11.3 Å². The minimum atomic E-state index is -0.899. The van der Waals surface area contributed by atoms with Gasteiger partial charge in [0.15, 0.2) is 0 Å². The van der Waals surface area contributed by atoms with Crippen molar-refractivity contribution in [1.29, 1.82) is 0 Å². The lowest BCUT2D eigenvalue weighted by Crippen LogP contribution is -2.37. The first-order valence-corrected chi connectivity index (χ1v) is 7.62. The molecule has 0 aromatic carbocycles. The summed E-state index contributed by atoms with van der Waals surface area (Å²) in [4.78, 5) is 34.7. The lowest BCUT2D eigenvalue weighted by atomic mass is 9.82. The zero-order valence-electron chi connectivity index (χ0n) is 12.9. The SMILES string of the molecule is CC(C)CNC(=O)CCNC(=O)CC1(C(=O)O)CCCC1. The number of nitrogens with one attached hydrogen (secondary N) is 2. The molecule has 0 aliphatic heterocycles. The second-order valence-electron chi connectivity index (χ2n) is 6.27. The Morgan fingerprint density at radius 3 is 2.24 bits per heavy atom. The predicted octanol–water partition coefficient (Wildman–Crippen LogP) is 1.30. The van der Waals surface area contributed by atoms with Gasteiger partial charge in [-0.15, -0.1) is 0 Å². The molecule has 2 amide bonds. The zero-order chi connectivity index (χ0) is 15.9. The third kappa shape index (κ3) is 5.73. The van der Waals surface area contributed by atoms with Crippen LogP contribution in [-0.4, -0.2) is 36.0 Å². The summed E-state index contributed by atoms with van der Waals surface area (Å²) in [7, 11) is 0. The van der Waals surface area contributed by atoms with Gasteiger partial charge in [0.1, 0.15) is 0 Å². The monoisotopic (exact) mass is 298 g/mol. The molecule has 0 atom stereocenters. The lowest BCUT2D eigenvalue weighted by molar-refractivity contribution is -0.151. The quantitative estimate of drug-likeness (QED) is 0.629. The molecule has 0 unspecified atom stereocenters. The van der Waals surface area contributed by atoms with E-state index in [4.69, 9.17) is 0 Å². The third-order valence-corrected chi connectivity index (χ3v) is 3.89. The molecule has 120 valence electrons. The average molecular weight is 298 g/mol. The second kappa shape index (κ2) is 8.00. The van der Waals surface area contributed by atoms with Gasteiger partial charge in [-0.25, -0.2) is 0 Å². The normalized spacial score (nSPS) is 16.7. The first-order valence-electron chi connectivity index (χ1n) is 7.62. The lowest BCUT2D eigenvalue weighted by Gasteiger charge is -2.22. The van der Waals surface area contributed by atoms with Crippen molar-refractivity contribution in [3.8, 4) is 0 Å². The van der Waals surface area contributed by atoms with Gasteiger partial charge in [-0.2, -0.15) is 0 Å². The van der Waals surface area contributed by atoms with Crippen molar-refractivity contribution < 1.29 is 19.5 Å². The zero-order valence-corrected chi connectivity index (χ0v) is 12.9. The summed E-state index contributed by atoms with van der Waals surface area (Å²) in [5.74, 6) is -0.875. The van der Waals surface area contributed by atoms with Gasteiger partial charge in [-0.1, -0.05) is 26.7 Å². The minimum absolute atomic E-state index is 0.00987. The Balaban J connectivity index is 2.28. The Morgan fingerprint density at radius 2 is 1.71 bits per heavy atom. The molecule has 0 saturated heterocycles. The van der Waals surface area contributed by atoms with Gasteiger partial charge in [0.25, 0.3) is 0 Å². The van der Waals surface area contributed by atoms with Crippen molar-refractivity contribution in [3.63, 3.8) is 0 Å². The molecular formula is C15H26N2O4. The maximum absolute atomic E-state index is 11.9. The standard InChI is InChI=1S/C15H26N2O4/c1-11(2)10-17-12(18)5-8-16-13(19)9-15(14(20)21)6-3-4-7-15/h11H,3-10H2,1-2H3,(H,16,19)(H,17,18)(H,20,21). The summed E-state index contributed by atoms with van der Waals surface area (Å²) < 4.78 is 0. The number of rotatable bonds is 8. The van der Waals surface area contributed by atoms with E-state index in [2.05, 4.69) is 10.6 Å². The van der Waals surface area contributed by atoms with Crippen LogP contribution in [0.5, 0.6) is 0 Å². The highest BCUT2D eigenvalue weighted by atomic mass is 16.4. The van der Waals surface area contributed by atoms with Crippen LogP contribution in [0.25, 0.3) is 0 Å². The summed E-state index contributed by atoms with van der Waals surface area (Å²) in [6.07, 6.45) is 3.07. The number of carbonyl (C=O) groups excluding carboxylic acids is 2. The number of amides is 2. The van der Waals surface area contributed by atoms with E-state index < -0.39 is 11.4 Å². The average Bonchev–Trinajstić information content (AvgIpc) is 2.86. The largest absolute Gasteiger partial charge is 0.481 e. The van der Waals surface area contributed by atoms with Crippen molar-refractivity contribution in [2.45, 2.75) is 52.4 Å². The van der Waals surface area contributed by atoms with Crippen LogP contribution in [0.1, 0.15) is 52.4 Å². The third-order valence-electron chi connectivity index (χ3n) is 3.89. The summed E-state index contributed by atoms with van der Waals surface area (Å²) in [6.45, 7) is 4.89. The Labute approximate surface area is 125 Å². The van der Waals surface area contributed by atoms with Gasteiger partial charge >= 0.3 is 5.97 Å². The molecule has 1 aliphatic rings. The number of carboxylic acids is 1. The topological polar surface area (TPSA) is 95.5 Å². The summed E-state index contributed by atoms with van der Waals surface area (Å²) >= 11 is 0. The first kappa shape index (κ1) is 17.5. The highest BCUT2D eigenvalue weighted by Crippen LogP contribution is 2.41. The highest BCUT2D eigenvalue weighted by Gasteiger charge is 2.42. The number of carboxylic acid groups (broad SMARTS) is 1. The van der Waals surface area contributed by atoms with E-state index in [1.807, 2.05) is 13.8 Å². The summed E-state index contributed by atoms with van der Waals surface area (Å²) in [5.41, 5.74) is -0.899. The number of hydrogen-bond acceptors (Lipinski definition) is 3. The van der Waals surface area contributed by atoms with Gasteiger partial charge in [0, 0.05) is 25.9 Å². The van der Waals surface area contributed by atoms with E-state index >= 15 is 0 Å². The van der Waals surface area contributed by atoms with Crippen molar-refractivity contribution in [3.05, 3.63) is 0 Å². The molecule has 1 saturated carbocycles. The molecule has 0 spiro atoms. The van der Waals surface area contributed by atoms with Crippen molar-refractivity contribution in [2.24, 2.45) is 11.3 Å². The van der Waals surface area contributed by atoms with Gasteiger partial charge in [0.2, 0.25) is 11.8 Å². The molecule has 1 fully saturated rings. The number of hydrogen-bond donors (Lipinski definition) is 3. The Hall–Kier alpha value is -1.59. The summed E-state index contributed by atoms with van der Waals surface area (Å²) in [6, 6.07) is 0. The molecule has 0 heterocycles. The molecule has 1 rings (SSSR count). The molecule has 6 heteroatoms. The fourth-order valence-electron chi connectivity index (χ4n) is 2.61. The second-order valence-corrected chi connectivity index (χ2v) is 6.27. The molecule has 6 nitrogen and oxygen atoms in total. The summed E-state index contributed by atoms with van der Waals surface area (Å²) in [5, 5.41) is 14.7. The molecule has 1 aliphatic carbocycles. The molecule has 21 heavy (non-hydrogen) atoms. The van der Waals surface area contributed by atoms with Crippen LogP contribution in [0.2, 0.25) is 0 Å². The molecule has 0 aromatic heterocycles. The van der Waals surface area contributed by atoms with Crippen LogP contribution in [0.15, 0.2) is 0 Å². The van der Waals surface area contributed by atoms with Gasteiger partial charge in [-0.05, 0) is 18.8 Å². The van der Waals surface area contributed by atoms with Gasteiger partial charge < -0.3 is 15.7 Å². The Bertz CT molecular complexity index is 387. The van der Waals surface area contributed by atoms with Crippen molar-refractivity contribution in [1.82, 2.24) is 10.6 Å². The molecule has 3 N–H and O–H groups in total. The van der Waals surface area contributed by atoms with Crippen LogP contribution >= 0.6 is 0 Å². The predicted molar refractivity (Wildman–Crippen MR) is 78.6 cm³/mol. The maximum Gasteiger partial charge on any atom is 0.310 e. The smallest absolute Gasteiger partial charge is 0.310 e. The molecule has 0 aromatic rings. The van der Waals surface area contributed by atoms with Gasteiger partial charge in [0.05, 0.1) is 5.41 Å². The van der Waals surface area contributed by atoms with Gasteiger partial charge in [-0.3, -0.25) is 14.4 Å². The number of carbonyl (C=O) groups is 3. The minimum Gasteiger partial charge on any atom is -0.481 e. The van der Waals surface area contributed by atoms with E-state index in [0.717, 1.165) is 12.8 Å². The van der Waals surface area contributed by atoms with E-state index in [1.165, 1.54) is 0 Å². The molecule has 0 bridgehead atoms. The van der Waals surface area contributed by atoms with Crippen LogP contribution < -0.4 is 10.6 Å². The first-order chi connectivity index (χ1) is 9.85. The van der Waals surface area contributed by atoms with Crippen LogP contribution in [0.3, 0.4) is 0 Å². The fourth-order valence-corrected chi connectivity index (χ4v) is 2.61. The van der Waals surface area contributed by atoms with E-state index in [-0.39, 0.29) is 31.2 Å². The molecule has 0 radical (unpaired) electrons. The van der Waals surface area contributed by atoms with Crippen LogP contribution in [0.4, 0.5) is 0 Å². The number of aliphatic carboxylic acids is 1. The maximum atomic E-state index is 11.9. The van der Waals surface area contributed by atoms with E-state index in [9.17, 15) is 19.5 Å². The Kier molecular flexibility index (Phi) is 6.65. The van der Waals surface area contributed by atoms with E-state index in [1.54, 1.807) is 0 Å². The Morgan fingerprint density at radius 1 is 1.10 bits per heavy atom. The fraction of sp³-hybridized carbons (Fsp3) is 0.800. The molecular weight excluding hydrogens is 272 g/mol. The highest BCUT2D eigenvalue weighted by molar-refractivity contribution is 5.85.